The number of aryl methyl sites for hydroxylation is 1. The van der Waals surface area contributed by atoms with Crippen LogP contribution in [-0.2, 0) is 17.6 Å². The number of pyridine rings is 1. The van der Waals surface area contributed by atoms with Gasteiger partial charge in [-0.3, -0.25) is 4.98 Å². The van der Waals surface area contributed by atoms with Crippen molar-refractivity contribution in [1.29, 1.82) is 0 Å². The maximum Gasteiger partial charge on any atom is 0.490 e. The number of nitrogens with zero attached hydrogens (tertiary/aromatic N) is 1. The predicted molar refractivity (Wildman–Crippen MR) is 87.5 cm³/mol. The lowest BCUT2D eigenvalue weighted by atomic mass is 10.0. The second-order valence-electron chi connectivity index (χ2n) is 5.37. The summed E-state index contributed by atoms with van der Waals surface area (Å²) in [6.45, 7) is 2.21. The molecule has 0 saturated heterocycles. The van der Waals surface area contributed by atoms with Crippen LogP contribution < -0.4 is 0 Å². The van der Waals surface area contributed by atoms with Gasteiger partial charge < -0.3 is 10.2 Å². The molecule has 1 aromatic heterocycles. The molecule has 1 aromatic carbocycles. The van der Waals surface area contributed by atoms with Crippen molar-refractivity contribution in [1.82, 2.24) is 4.98 Å². The Labute approximate surface area is 144 Å². The van der Waals surface area contributed by atoms with Gasteiger partial charge >= 0.3 is 12.1 Å². The van der Waals surface area contributed by atoms with Gasteiger partial charge in [-0.2, -0.15) is 13.2 Å². The standard InChI is InChI=1S/C16H19NO.C2HF3O2/c1-2-3-5-13-7-9-14(10-8-13)12-15-16(18)6-4-11-17-15;3-2(4,5)1(6)7/h4,6-11,18H,2-3,5,12H2,1H3;(H,6,7). The topological polar surface area (TPSA) is 70.4 Å². The van der Waals surface area contributed by atoms with Crippen LogP contribution >= 0.6 is 0 Å². The summed E-state index contributed by atoms with van der Waals surface area (Å²) in [7, 11) is 0. The van der Waals surface area contributed by atoms with Crippen LogP contribution in [0.1, 0.15) is 36.6 Å². The number of alkyl halides is 3. The molecule has 0 unspecified atom stereocenters. The Morgan fingerprint density at radius 1 is 1.12 bits per heavy atom. The number of benzene rings is 1. The average Bonchev–Trinajstić information content (AvgIpc) is 2.56. The lowest BCUT2D eigenvalue weighted by molar-refractivity contribution is -0.192. The molecule has 0 aliphatic carbocycles. The van der Waals surface area contributed by atoms with Crippen molar-refractivity contribution in [2.75, 3.05) is 0 Å². The third-order valence-corrected chi connectivity index (χ3v) is 3.32. The minimum Gasteiger partial charge on any atom is -0.506 e. The Bertz CT molecular complexity index is 670. The van der Waals surface area contributed by atoms with Crippen LogP contribution in [0.15, 0.2) is 42.6 Å². The highest BCUT2D eigenvalue weighted by molar-refractivity contribution is 5.73. The molecule has 0 spiro atoms. The van der Waals surface area contributed by atoms with Crippen molar-refractivity contribution in [2.24, 2.45) is 0 Å². The number of hydrogen-bond donors (Lipinski definition) is 2. The molecular weight excluding hydrogens is 335 g/mol. The highest BCUT2D eigenvalue weighted by atomic mass is 19.4. The number of unbranched alkanes of at least 4 members (excludes halogenated alkanes) is 1. The van der Waals surface area contributed by atoms with Crippen LogP contribution in [-0.4, -0.2) is 27.3 Å². The van der Waals surface area contributed by atoms with Gasteiger partial charge in [0.25, 0.3) is 0 Å². The van der Waals surface area contributed by atoms with E-state index in [0.29, 0.717) is 6.42 Å². The molecule has 136 valence electrons. The molecule has 0 saturated carbocycles. The summed E-state index contributed by atoms with van der Waals surface area (Å²) >= 11 is 0. The number of carbonyl (C=O) groups is 1. The number of halogens is 3. The number of aromatic nitrogens is 1. The van der Waals surface area contributed by atoms with Gasteiger partial charge in [-0.25, -0.2) is 4.79 Å². The SMILES string of the molecule is CCCCc1ccc(Cc2ncccc2O)cc1.O=C(O)C(F)(F)F. The second kappa shape index (κ2) is 9.66. The first-order valence-electron chi connectivity index (χ1n) is 7.74. The molecule has 2 aromatic rings. The van der Waals surface area contributed by atoms with E-state index in [4.69, 9.17) is 9.90 Å². The number of aliphatic carboxylic acids is 1. The number of carboxylic acids is 1. The summed E-state index contributed by atoms with van der Waals surface area (Å²) in [6.07, 6.45) is 0.918. The van der Waals surface area contributed by atoms with E-state index < -0.39 is 12.1 Å². The molecule has 2 N–H and O–H groups in total. The summed E-state index contributed by atoms with van der Waals surface area (Å²) in [5, 5.41) is 16.8. The van der Waals surface area contributed by atoms with Crippen molar-refractivity contribution >= 4 is 5.97 Å². The average molecular weight is 355 g/mol. The van der Waals surface area contributed by atoms with Crippen LogP contribution in [0, 0.1) is 0 Å². The van der Waals surface area contributed by atoms with Gasteiger partial charge in [0.15, 0.2) is 0 Å². The van der Waals surface area contributed by atoms with Crippen molar-refractivity contribution < 1.29 is 28.2 Å². The van der Waals surface area contributed by atoms with E-state index >= 15 is 0 Å². The molecule has 0 radical (unpaired) electrons. The molecule has 2 rings (SSSR count). The van der Waals surface area contributed by atoms with Crippen molar-refractivity contribution in [2.45, 2.75) is 38.8 Å². The Kier molecular flexibility index (Phi) is 7.91. The summed E-state index contributed by atoms with van der Waals surface area (Å²) < 4.78 is 31.7. The Balaban J connectivity index is 0.000000381. The van der Waals surface area contributed by atoms with Gasteiger partial charge in [-0.15, -0.1) is 0 Å². The first-order chi connectivity index (χ1) is 11.7. The second-order valence-corrected chi connectivity index (χ2v) is 5.37. The van der Waals surface area contributed by atoms with Gasteiger partial charge in [0.1, 0.15) is 5.75 Å². The zero-order valence-electron chi connectivity index (χ0n) is 13.8. The van der Waals surface area contributed by atoms with E-state index in [1.807, 2.05) is 0 Å². The zero-order valence-corrected chi connectivity index (χ0v) is 13.8. The van der Waals surface area contributed by atoms with Gasteiger partial charge in [0.05, 0.1) is 5.69 Å². The van der Waals surface area contributed by atoms with E-state index in [1.54, 1.807) is 18.3 Å². The van der Waals surface area contributed by atoms with Crippen LogP contribution in [0.4, 0.5) is 13.2 Å². The third-order valence-electron chi connectivity index (χ3n) is 3.32. The van der Waals surface area contributed by atoms with Gasteiger partial charge in [0, 0.05) is 12.6 Å². The third kappa shape index (κ3) is 7.69. The smallest absolute Gasteiger partial charge is 0.490 e. The van der Waals surface area contributed by atoms with Crippen molar-refractivity contribution in [3.63, 3.8) is 0 Å². The summed E-state index contributed by atoms with van der Waals surface area (Å²) in [5.41, 5.74) is 3.30. The van der Waals surface area contributed by atoms with E-state index in [1.165, 1.54) is 24.0 Å². The predicted octanol–water partition coefficient (Wildman–Crippen LogP) is 4.35. The monoisotopic (exact) mass is 355 g/mol. The largest absolute Gasteiger partial charge is 0.506 e. The molecule has 0 fully saturated rings. The lowest BCUT2D eigenvalue weighted by Crippen LogP contribution is -2.21. The first-order valence-corrected chi connectivity index (χ1v) is 7.74. The molecule has 0 aliphatic heterocycles. The minimum atomic E-state index is -5.08. The molecule has 7 heteroatoms. The van der Waals surface area contributed by atoms with Crippen molar-refractivity contribution in [3.8, 4) is 5.75 Å². The van der Waals surface area contributed by atoms with E-state index in [9.17, 15) is 18.3 Å². The van der Waals surface area contributed by atoms with E-state index in [0.717, 1.165) is 12.1 Å². The highest BCUT2D eigenvalue weighted by Crippen LogP contribution is 2.18. The quantitative estimate of drug-likeness (QED) is 0.836. The normalized spacial score (nSPS) is 10.7. The van der Waals surface area contributed by atoms with E-state index in [2.05, 4.69) is 36.2 Å². The Morgan fingerprint density at radius 3 is 2.16 bits per heavy atom. The Morgan fingerprint density at radius 2 is 1.68 bits per heavy atom. The molecule has 0 amide bonds. The van der Waals surface area contributed by atoms with Crippen LogP contribution in [0.5, 0.6) is 5.75 Å². The zero-order chi connectivity index (χ0) is 18.9. The number of hydrogen-bond acceptors (Lipinski definition) is 3. The number of rotatable bonds is 5. The molecule has 1 heterocycles. The van der Waals surface area contributed by atoms with Crippen LogP contribution in [0.25, 0.3) is 0 Å². The number of aromatic hydroxyl groups is 1. The first kappa shape index (κ1) is 20.5. The lowest BCUT2D eigenvalue weighted by Gasteiger charge is -2.05. The number of carboxylic acid groups (broad SMARTS) is 1. The Hall–Kier alpha value is -2.57. The fourth-order valence-electron chi connectivity index (χ4n) is 1.96. The van der Waals surface area contributed by atoms with E-state index in [-0.39, 0.29) is 5.75 Å². The molecular formula is C18H20F3NO3. The summed E-state index contributed by atoms with van der Waals surface area (Å²) in [4.78, 5) is 13.1. The van der Waals surface area contributed by atoms with Crippen LogP contribution in [0.3, 0.4) is 0 Å². The van der Waals surface area contributed by atoms with Crippen molar-refractivity contribution in [3.05, 3.63) is 59.4 Å². The minimum absolute atomic E-state index is 0.271. The maximum absolute atomic E-state index is 10.6. The molecule has 0 aliphatic rings. The van der Waals surface area contributed by atoms with Gasteiger partial charge in [-0.1, -0.05) is 37.6 Å². The maximum atomic E-state index is 10.6. The fourth-order valence-corrected chi connectivity index (χ4v) is 1.96. The highest BCUT2D eigenvalue weighted by Gasteiger charge is 2.38. The van der Waals surface area contributed by atoms with Gasteiger partial charge in [-0.05, 0) is 36.1 Å². The van der Waals surface area contributed by atoms with Crippen LogP contribution in [0.2, 0.25) is 0 Å². The fraction of sp³-hybridized carbons (Fsp3) is 0.333. The molecule has 0 atom stereocenters. The summed E-state index contributed by atoms with van der Waals surface area (Å²) in [5.74, 6) is -2.49. The molecule has 0 bridgehead atoms. The van der Waals surface area contributed by atoms with Gasteiger partial charge in [0.2, 0.25) is 0 Å². The summed E-state index contributed by atoms with van der Waals surface area (Å²) in [6, 6.07) is 12.0. The molecule has 25 heavy (non-hydrogen) atoms. The molecule has 4 nitrogen and oxygen atoms in total.